The van der Waals surface area contributed by atoms with Gasteiger partial charge in [-0.3, -0.25) is 0 Å². The van der Waals surface area contributed by atoms with Crippen LogP contribution in [0.1, 0.15) is 24.4 Å². The van der Waals surface area contributed by atoms with Gasteiger partial charge >= 0.3 is 0 Å². The van der Waals surface area contributed by atoms with Crippen LogP contribution in [0.25, 0.3) is 0 Å². The van der Waals surface area contributed by atoms with Crippen molar-refractivity contribution < 1.29 is 9.47 Å². The lowest BCUT2D eigenvalue weighted by Gasteiger charge is -2.20. The van der Waals surface area contributed by atoms with Crippen LogP contribution in [0.3, 0.4) is 0 Å². The molecule has 2 aromatic rings. The van der Waals surface area contributed by atoms with Crippen LogP contribution in [-0.2, 0) is 6.54 Å². The van der Waals surface area contributed by atoms with Crippen LogP contribution in [0, 0.1) is 0 Å². The number of aromatic nitrogens is 2. The summed E-state index contributed by atoms with van der Waals surface area (Å²) in [6.45, 7) is 2.94. The van der Waals surface area contributed by atoms with E-state index in [4.69, 9.17) is 21.1 Å². The van der Waals surface area contributed by atoms with Crippen molar-refractivity contribution in [3.63, 3.8) is 0 Å². The highest BCUT2D eigenvalue weighted by molar-refractivity contribution is 6.32. The number of rotatable bonds is 6. The van der Waals surface area contributed by atoms with Gasteiger partial charge in [-0.25, -0.2) is 4.98 Å². The molecule has 0 spiro atoms. The molecule has 0 aliphatic carbocycles. The van der Waals surface area contributed by atoms with Gasteiger partial charge in [-0.2, -0.15) is 0 Å². The summed E-state index contributed by atoms with van der Waals surface area (Å²) in [6, 6.07) is 3.72. The van der Waals surface area contributed by atoms with E-state index in [-0.39, 0.29) is 6.04 Å². The maximum absolute atomic E-state index is 6.29. The number of methoxy groups -OCH3 is 2. The highest BCUT2D eigenvalue weighted by atomic mass is 35.5. The largest absolute Gasteiger partial charge is 0.493 e. The second-order valence-corrected chi connectivity index (χ2v) is 4.94. The molecule has 0 bridgehead atoms. The van der Waals surface area contributed by atoms with Crippen LogP contribution >= 0.6 is 11.6 Å². The fraction of sp³-hybridized carbons (Fsp3) is 0.400. The Morgan fingerprint density at radius 2 is 2.10 bits per heavy atom. The molecule has 0 amide bonds. The first-order valence-corrected chi connectivity index (χ1v) is 7.13. The highest BCUT2D eigenvalue weighted by Gasteiger charge is 2.20. The third-order valence-corrected chi connectivity index (χ3v) is 3.71. The van der Waals surface area contributed by atoms with Crippen LogP contribution in [0.4, 0.5) is 0 Å². The molecule has 1 heterocycles. The molecule has 0 saturated carbocycles. The van der Waals surface area contributed by atoms with E-state index in [2.05, 4.69) is 21.8 Å². The van der Waals surface area contributed by atoms with Crippen LogP contribution in [0.15, 0.2) is 24.5 Å². The van der Waals surface area contributed by atoms with E-state index in [1.165, 1.54) is 0 Å². The fourth-order valence-electron chi connectivity index (χ4n) is 2.40. The number of ether oxygens (including phenoxy) is 2. The van der Waals surface area contributed by atoms with Crippen molar-refractivity contribution in [3.8, 4) is 11.5 Å². The Bertz CT molecular complexity index is 613. The van der Waals surface area contributed by atoms with E-state index < -0.39 is 0 Å². The number of hydrogen-bond donors (Lipinski definition) is 1. The standard InChI is InChI=1S/C15H20ClN3O2/c1-5-19-7-6-18-15(19)13(17-2)10-8-11(16)14(21-4)12(9-10)20-3/h6-9,13,17H,5H2,1-4H3. The van der Waals surface area contributed by atoms with Crippen LogP contribution in [-0.4, -0.2) is 30.8 Å². The first kappa shape index (κ1) is 15.7. The van der Waals surface area contributed by atoms with E-state index in [1.54, 1.807) is 20.4 Å². The number of halogens is 1. The maximum atomic E-state index is 6.29. The van der Waals surface area contributed by atoms with Gasteiger partial charge in [0.05, 0.1) is 25.3 Å². The first-order chi connectivity index (χ1) is 10.2. The van der Waals surface area contributed by atoms with E-state index >= 15 is 0 Å². The third-order valence-electron chi connectivity index (χ3n) is 3.42. The van der Waals surface area contributed by atoms with Gasteiger partial charge in [0.15, 0.2) is 11.5 Å². The van der Waals surface area contributed by atoms with Crippen LogP contribution < -0.4 is 14.8 Å². The van der Waals surface area contributed by atoms with Crippen LogP contribution in [0.5, 0.6) is 11.5 Å². The van der Waals surface area contributed by atoms with Crippen molar-refractivity contribution in [1.29, 1.82) is 0 Å². The molecular formula is C15H20ClN3O2. The SMILES string of the molecule is CCn1ccnc1C(NC)c1cc(Cl)c(OC)c(OC)c1. The van der Waals surface area contributed by atoms with Crippen molar-refractivity contribution in [2.24, 2.45) is 0 Å². The smallest absolute Gasteiger partial charge is 0.179 e. The Kier molecular flexibility index (Phi) is 5.09. The molecule has 5 nitrogen and oxygen atoms in total. The zero-order valence-electron chi connectivity index (χ0n) is 12.7. The molecule has 1 N–H and O–H groups in total. The number of benzene rings is 1. The average molecular weight is 310 g/mol. The van der Waals surface area contributed by atoms with Crippen molar-refractivity contribution in [2.75, 3.05) is 21.3 Å². The lowest BCUT2D eigenvalue weighted by molar-refractivity contribution is 0.354. The quantitative estimate of drug-likeness (QED) is 0.891. The van der Waals surface area contributed by atoms with Gasteiger partial charge in [-0.1, -0.05) is 11.6 Å². The predicted molar refractivity (Wildman–Crippen MR) is 83.4 cm³/mol. The molecule has 0 saturated heterocycles. The summed E-state index contributed by atoms with van der Waals surface area (Å²) in [5.74, 6) is 2.08. The van der Waals surface area contributed by atoms with Crippen molar-refractivity contribution >= 4 is 11.6 Å². The van der Waals surface area contributed by atoms with Gasteiger partial charge in [-0.05, 0) is 31.7 Å². The van der Waals surface area contributed by atoms with Gasteiger partial charge in [0.25, 0.3) is 0 Å². The third kappa shape index (κ3) is 2.99. The molecule has 114 valence electrons. The molecule has 0 aliphatic rings. The summed E-state index contributed by atoms with van der Waals surface area (Å²) in [6.07, 6.45) is 3.76. The molecule has 0 radical (unpaired) electrons. The summed E-state index contributed by atoms with van der Waals surface area (Å²) in [5.41, 5.74) is 0.973. The average Bonchev–Trinajstić information content (AvgIpc) is 2.95. The summed E-state index contributed by atoms with van der Waals surface area (Å²) >= 11 is 6.29. The zero-order chi connectivity index (χ0) is 15.4. The van der Waals surface area contributed by atoms with E-state index in [0.29, 0.717) is 16.5 Å². The minimum atomic E-state index is -0.0720. The maximum Gasteiger partial charge on any atom is 0.179 e. The molecule has 1 aromatic heterocycles. The zero-order valence-corrected chi connectivity index (χ0v) is 13.4. The predicted octanol–water partition coefficient (Wildman–Crippen LogP) is 2.88. The first-order valence-electron chi connectivity index (χ1n) is 6.75. The second-order valence-electron chi connectivity index (χ2n) is 4.53. The van der Waals surface area contributed by atoms with E-state index in [9.17, 15) is 0 Å². The Morgan fingerprint density at radius 1 is 1.33 bits per heavy atom. The monoisotopic (exact) mass is 309 g/mol. The number of hydrogen-bond acceptors (Lipinski definition) is 4. The Morgan fingerprint density at radius 3 is 2.67 bits per heavy atom. The van der Waals surface area contributed by atoms with Gasteiger partial charge in [0.1, 0.15) is 5.82 Å². The number of nitrogens with zero attached hydrogens (tertiary/aromatic N) is 2. The molecule has 2 rings (SSSR count). The van der Waals surface area contributed by atoms with Crippen LogP contribution in [0.2, 0.25) is 5.02 Å². The molecule has 6 heteroatoms. The minimum Gasteiger partial charge on any atom is -0.493 e. The normalized spacial score (nSPS) is 12.2. The molecular weight excluding hydrogens is 290 g/mol. The molecule has 0 fully saturated rings. The molecule has 1 aromatic carbocycles. The summed E-state index contributed by atoms with van der Waals surface area (Å²) in [4.78, 5) is 4.45. The highest BCUT2D eigenvalue weighted by Crippen LogP contribution is 2.38. The van der Waals surface area contributed by atoms with Gasteiger partial charge < -0.3 is 19.4 Å². The lowest BCUT2D eigenvalue weighted by atomic mass is 10.1. The van der Waals surface area contributed by atoms with Gasteiger partial charge in [0.2, 0.25) is 0 Å². The summed E-state index contributed by atoms with van der Waals surface area (Å²) < 4.78 is 12.7. The Balaban J connectivity index is 2.50. The van der Waals surface area contributed by atoms with Crippen molar-refractivity contribution in [1.82, 2.24) is 14.9 Å². The van der Waals surface area contributed by atoms with Crippen molar-refractivity contribution in [2.45, 2.75) is 19.5 Å². The molecule has 1 unspecified atom stereocenters. The topological polar surface area (TPSA) is 48.3 Å². The Labute approximate surface area is 129 Å². The van der Waals surface area contributed by atoms with Crippen molar-refractivity contribution in [3.05, 3.63) is 40.9 Å². The Hall–Kier alpha value is -1.72. The molecule has 0 aliphatic heterocycles. The number of imidazole rings is 1. The fourth-order valence-corrected chi connectivity index (χ4v) is 2.69. The molecule has 21 heavy (non-hydrogen) atoms. The number of nitrogens with one attached hydrogen (secondary N) is 1. The number of aryl methyl sites for hydroxylation is 1. The summed E-state index contributed by atoms with van der Waals surface area (Å²) in [5, 5.41) is 3.79. The van der Waals surface area contributed by atoms with Gasteiger partial charge in [-0.15, -0.1) is 0 Å². The lowest BCUT2D eigenvalue weighted by Crippen LogP contribution is -2.22. The molecule has 1 atom stereocenters. The second kappa shape index (κ2) is 6.83. The summed E-state index contributed by atoms with van der Waals surface area (Å²) in [7, 11) is 5.06. The van der Waals surface area contributed by atoms with E-state index in [1.807, 2.05) is 25.4 Å². The van der Waals surface area contributed by atoms with Gasteiger partial charge in [0, 0.05) is 18.9 Å². The minimum absolute atomic E-state index is 0.0720. The van der Waals surface area contributed by atoms with E-state index in [0.717, 1.165) is 17.9 Å².